The lowest BCUT2D eigenvalue weighted by Gasteiger charge is -2.16. The van der Waals surface area contributed by atoms with Crippen molar-refractivity contribution in [3.05, 3.63) is 24.3 Å². The lowest BCUT2D eigenvalue weighted by atomic mass is 10.2. The zero-order valence-electron chi connectivity index (χ0n) is 12.0. The second-order valence-electron chi connectivity index (χ2n) is 5.13. The van der Waals surface area contributed by atoms with Crippen molar-refractivity contribution in [2.24, 2.45) is 0 Å². The average molecular weight is 289 g/mol. The highest BCUT2D eigenvalue weighted by Gasteiger charge is 2.17. The molecular formula is C15H19N3O3. The summed E-state index contributed by atoms with van der Waals surface area (Å²) < 4.78 is 0. The third-order valence-corrected chi connectivity index (χ3v) is 3.22. The van der Waals surface area contributed by atoms with Gasteiger partial charge in [-0.3, -0.25) is 9.59 Å². The van der Waals surface area contributed by atoms with Crippen LogP contribution in [0.5, 0.6) is 0 Å². The molecule has 2 rings (SSSR count). The molecule has 0 spiro atoms. The molecule has 3 amide bonds. The van der Waals surface area contributed by atoms with Crippen LogP contribution >= 0.6 is 0 Å². The molecule has 0 aliphatic carbocycles. The number of Topliss-reactive ketones (excluding diaryl/α,β-unsaturated/α-hetero) is 1. The standard InChI is InChI=1S/C15H19N3O3/c1-11(19)10-14(20)16-12-4-6-13(7-5-12)17-15(21)18-8-2-3-9-18/h4-7H,2-3,8-10H2,1H3,(H,16,20)(H,17,21). The summed E-state index contributed by atoms with van der Waals surface area (Å²) in [5.74, 6) is -0.515. The number of carbonyl (C=O) groups excluding carboxylic acids is 3. The number of benzene rings is 1. The van der Waals surface area contributed by atoms with Gasteiger partial charge in [-0.05, 0) is 44.0 Å². The first-order valence-corrected chi connectivity index (χ1v) is 7.00. The van der Waals surface area contributed by atoms with Crippen molar-refractivity contribution < 1.29 is 14.4 Å². The Morgan fingerprint density at radius 1 is 1.00 bits per heavy atom. The molecule has 1 aliphatic rings. The Labute approximate surface area is 123 Å². The summed E-state index contributed by atoms with van der Waals surface area (Å²) in [5, 5.41) is 5.44. The van der Waals surface area contributed by atoms with Crippen LogP contribution in [0.1, 0.15) is 26.2 Å². The third kappa shape index (κ3) is 4.59. The first-order valence-electron chi connectivity index (χ1n) is 7.00. The highest BCUT2D eigenvalue weighted by atomic mass is 16.2. The SMILES string of the molecule is CC(=O)CC(=O)Nc1ccc(NC(=O)N2CCCC2)cc1. The van der Waals surface area contributed by atoms with Crippen molar-refractivity contribution in [1.82, 2.24) is 4.90 Å². The summed E-state index contributed by atoms with van der Waals surface area (Å²) in [4.78, 5) is 36.0. The molecular weight excluding hydrogens is 270 g/mol. The molecule has 112 valence electrons. The van der Waals surface area contributed by atoms with E-state index in [4.69, 9.17) is 0 Å². The molecule has 0 saturated carbocycles. The Morgan fingerprint density at radius 3 is 2.05 bits per heavy atom. The van der Waals surface area contributed by atoms with Crippen molar-refractivity contribution in [2.75, 3.05) is 23.7 Å². The molecule has 6 heteroatoms. The van der Waals surface area contributed by atoms with Crippen molar-refractivity contribution in [1.29, 1.82) is 0 Å². The number of anilines is 2. The summed E-state index contributed by atoms with van der Waals surface area (Å²) in [6, 6.07) is 6.73. The zero-order valence-corrected chi connectivity index (χ0v) is 12.0. The van der Waals surface area contributed by atoms with Crippen LogP contribution in [0.3, 0.4) is 0 Å². The number of urea groups is 1. The molecule has 1 saturated heterocycles. The summed E-state index contributed by atoms with van der Waals surface area (Å²) >= 11 is 0. The maximum atomic E-state index is 11.9. The van der Waals surface area contributed by atoms with E-state index >= 15 is 0 Å². The Bertz CT molecular complexity index is 534. The Balaban J connectivity index is 1.88. The van der Waals surface area contributed by atoms with Gasteiger partial charge in [-0.15, -0.1) is 0 Å². The lowest BCUT2D eigenvalue weighted by molar-refractivity contribution is -0.124. The monoisotopic (exact) mass is 289 g/mol. The van der Waals surface area contributed by atoms with Crippen LogP contribution in [-0.4, -0.2) is 35.7 Å². The molecule has 1 aliphatic heterocycles. The summed E-state index contributed by atoms with van der Waals surface area (Å²) in [5.41, 5.74) is 1.27. The number of carbonyl (C=O) groups is 3. The van der Waals surface area contributed by atoms with Gasteiger partial charge in [0.1, 0.15) is 5.78 Å². The third-order valence-electron chi connectivity index (χ3n) is 3.22. The Kier molecular flexibility index (Phi) is 4.92. The number of nitrogens with one attached hydrogen (secondary N) is 2. The van der Waals surface area contributed by atoms with Gasteiger partial charge in [0.15, 0.2) is 0 Å². The number of rotatable bonds is 4. The summed E-state index contributed by atoms with van der Waals surface area (Å²) in [6.07, 6.45) is 1.97. The van der Waals surface area contributed by atoms with Crippen LogP contribution in [0.2, 0.25) is 0 Å². The van der Waals surface area contributed by atoms with E-state index in [0.29, 0.717) is 11.4 Å². The molecule has 21 heavy (non-hydrogen) atoms. The number of ketones is 1. The normalized spacial score (nSPS) is 13.9. The van der Waals surface area contributed by atoms with Crippen molar-refractivity contribution in [3.8, 4) is 0 Å². The molecule has 0 unspecified atom stereocenters. The fourth-order valence-corrected chi connectivity index (χ4v) is 2.19. The summed E-state index contributed by atoms with van der Waals surface area (Å²) in [6.45, 7) is 2.96. The smallest absolute Gasteiger partial charge is 0.321 e. The number of likely N-dealkylation sites (tertiary alicyclic amines) is 1. The van der Waals surface area contributed by atoms with Gasteiger partial charge in [-0.2, -0.15) is 0 Å². The highest BCUT2D eigenvalue weighted by Crippen LogP contribution is 2.16. The highest BCUT2D eigenvalue weighted by molar-refractivity contribution is 6.03. The zero-order chi connectivity index (χ0) is 15.2. The maximum Gasteiger partial charge on any atom is 0.321 e. The second kappa shape index (κ2) is 6.88. The molecule has 0 radical (unpaired) electrons. The van der Waals surface area contributed by atoms with E-state index in [2.05, 4.69) is 10.6 Å². The fourth-order valence-electron chi connectivity index (χ4n) is 2.19. The number of nitrogens with zero attached hydrogens (tertiary/aromatic N) is 1. The van der Waals surface area contributed by atoms with Gasteiger partial charge >= 0.3 is 6.03 Å². The van der Waals surface area contributed by atoms with Gasteiger partial charge in [-0.1, -0.05) is 0 Å². The van der Waals surface area contributed by atoms with E-state index in [1.807, 2.05) is 0 Å². The minimum absolute atomic E-state index is 0.0964. The van der Waals surface area contributed by atoms with Crippen LogP contribution in [-0.2, 0) is 9.59 Å². The molecule has 0 bridgehead atoms. The van der Waals surface area contributed by atoms with E-state index in [0.717, 1.165) is 25.9 Å². The second-order valence-corrected chi connectivity index (χ2v) is 5.13. The van der Waals surface area contributed by atoms with E-state index in [-0.39, 0.29) is 24.1 Å². The molecule has 1 aromatic rings. The van der Waals surface area contributed by atoms with Crippen molar-refractivity contribution in [3.63, 3.8) is 0 Å². The molecule has 6 nitrogen and oxygen atoms in total. The molecule has 0 aromatic heterocycles. The predicted octanol–water partition coefficient (Wildman–Crippen LogP) is 2.23. The first kappa shape index (κ1) is 15.0. The Hall–Kier alpha value is -2.37. The maximum absolute atomic E-state index is 11.9. The van der Waals surface area contributed by atoms with Gasteiger partial charge in [0.25, 0.3) is 0 Å². The van der Waals surface area contributed by atoms with Crippen molar-refractivity contribution >= 4 is 29.1 Å². The van der Waals surface area contributed by atoms with Gasteiger partial charge < -0.3 is 15.5 Å². The van der Waals surface area contributed by atoms with Crippen LogP contribution < -0.4 is 10.6 Å². The number of hydrogen-bond donors (Lipinski definition) is 2. The van der Waals surface area contributed by atoms with Gasteiger partial charge in [0.2, 0.25) is 5.91 Å². The molecule has 1 aromatic carbocycles. The summed E-state index contributed by atoms with van der Waals surface area (Å²) in [7, 11) is 0. The molecule has 2 N–H and O–H groups in total. The van der Waals surface area contributed by atoms with Crippen molar-refractivity contribution in [2.45, 2.75) is 26.2 Å². The molecule has 1 fully saturated rings. The van der Waals surface area contributed by atoms with Gasteiger partial charge in [0.05, 0.1) is 6.42 Å². The molecule has 1 heterocycles. The number of hydrogen-bond acceptors (Lipinski definition) is 3. The quantitative estimate of drug-likeness (QED) is 0.834. The van der Waals surface area contributed by atoms with E-state index in [1.165, 1.54) is 6.92 Å². The van der Waals surface area contributed by atoms with Crippen LogP contribution in [0, 0.1) is 0 Å². The fraction of sp³-hybridized carbons (Fsp3) is 0.400. The van der Waals surface area contributed by atoms with Gasteiger partial charge in [0, 0.05) is 24.5 Å². The van der Waals surface area contributed by atoms with Crippen LogP contribution in [0.25, 0.3) is 0 Å². The minimum Gasteiger partial charge on any atom is -0.326 e. The van der Waals surface area contributed by atoms with E-state index in [1.54, 1.807) is 29.2 Å². The van der Waals surface area contributed by atoms with Crippen LogP contribution in [0.15, 0.2) is 24.3 Å². The predicted molar refractivity (Wildman–Crippen MR) is 80.2 cm³/mol. The van der Waals surface area contributed by atoms with E-state index < -0.39 is 0 Å². The van der Waals surface area contributed by atoms with Crippen LogP contribution in [0.4, 0.5) is 16.2 Å². The lowest BCUT2D eigenvalue weighted by Crippen LogP contribution is -2.32. The van der Waals surface area contributed by atoms with Gasteiger partial charge in [-0.25, -0.2) is 4.79 Å². The topological polar surface area (TPSA) is 78.5 Å². The average Bonchev–Trinajstić information content (AvgIpc) is 2.94. The largest absolute Gasteiger partial charge is 0.326 e. The molecule has 0 atom stereocenters. The Morgan fingerprint density at radius 2 is 1.52 bits per heavy atom. The number of amides is 3. The minimum atomic E-state index is -0.337. The first-order chi connectivity index (χ1) is 10.0. The van der Waals surface area contributed by atoms with E-state index in [9.17, 15) is 14.4 Å².